The fourth-order valence-electron chi connectivity index (χ4n) is 2.09. The topological polar surface area (TPSA) is 38.4 Å². The van der Waals surface area contributed by atoms with Crippen LogP contribution in [-0.2, 0) is 0 Å². The normalized spacial score (nSPS) is 27.9. The van der Waals surface area contributed by atoms with Crippen molar-refractivity contribution in [3.63, 3.8) is 0 Å². The molecule has 76 valence electrons. The molecule has 15 heavy (non-hydrogen) atoms. The second-order valence-electron chi connectivity index (χ2n) is 3.75. The Bertz CT molecular complexity index is 451. The standard InChI is InChI=1S/C12H12N2S/c13-12-14-11-9-6-2-1-4-8(9)5-3-7-10(11)15-12/h1-6,10,12H,7,13H2. The van der Waals surface area contributed by atoms with Gasteiger partial charge >= 0.3 is 0 Å². The minimum Gasteiger partial charge on any atom is -0.301 e. The van der Waals surface area contributed by atoms with E-state index in [1.165, 1.54) is 16.8 Å². The molecule has 0 amide bonds. The molecule has 1 aliphatic heterocycles. The first-order valence-electron chi connectivity index (χ1n) is 5.09. The Kier molecular flexibility index (Phi) is 2.15. The Morgan fingerprint density at radius 1 is 1.33 bits per heavy atom. The Morgan fingerprint density at radius 2 is 2.20 bits per heavy atom. The molecule has 1 aliphatic carbocycles. The number of benzene rings is 1. The lowest BCUT2D eigenvalue weighted by molar-refractivity contribution is 1.00. The van der Waals surface area contributed by atoms with Crippen molar-refractivity contribution in [1.82, 2.24) is 0 Å². The average Bonchev–Trinajstić information content (AvgIpc) is 2.52. The van der Waals surface area contributed by atoms with Crippen LogP contribution in [0.15, 0.2) is 35.3 Å². The van der Waals surface area contributed by atoms with E-state index in [0.717, 1.165) is 6.42 Å². The van der Waals surface area contributed by atoms with E-state index in [2.05, 4.69) is 41.4 Å². The highest BCUT2D eigenvalue weighted by molar-refractivity contribution is 8.01. The smallest absolute Gasteiger partial charge is 0.145 e. The van der Waals surface area contributed by atoms with E-state index in [-0.39, 0.29) is 5.50 Å². The first kappa shape index (κ1) is 9.19. The lowest BCUT2D eigenvalue weighted by atomic mass is 10.0. The van der Waals surface area contributed by atoms with Crippen LogP contribution in [0.5, 0.6) is 0 Å². The van der Waals surface area contributed by atoms with Crippen LogP contribution in [0.1, 0.15) is 17.5 Å². The van der Waals surface area contributed by atoms with Gasteiger partial charge in [-0.1, -0.05) is 36.4 Å². The third kappa shape index (κ3) is 1.52. The van der Waals surface area contributed by atoms with Crippen molar-refractivity contribution in [2.75, 3.05) is 0 Å². The van der Waals surface area contributed by atoms with Crippen LogP contribution in [0.25, 0.3) is 6.08 Å². The Balaban J connectivity index is 2.16. The predicted octanol–water partition coefficient (Wildman–Crippen LogP) is 2.25. The average molecular weight is 216 g/mol. The maximum Gasteiger partial charge on any atom is 0.145 e. The number of allylic oxidation sites excluding steroid dienone is 1. The predicted molar refractivity (Wildman–Crippen MR) is 66.0 cm³/mol. The number of nitrogens with two attached hydrogens (primary N) is 1. The molecule has 0 bridgehead atoms. The minimum atomic E-state index is -0.0791. The number of hydrogen-bond donors (Lipinski definition) is 1. The van der Waals surface area contributed by atoms with Gasteiger partial charge in [-0.15, -0.1) is 11.8 Å². The van der Waals surface area contributed by atoms with Gasteiger partial charge in [0.1, 0.15) is 5.50 Å². The van der Waals surface area contributed by atoms with E-state index in [1.54, 1.807) is 11.8 Å². The molecule has 2 aliphatic rings. The first-order valence-corrected chi connectivity index (χ1v) is 6.03. The number of hydrogen-bond acceptors (Lipinski definition) is 3. The summed E-state index contributed by atoms with van der Waals surface area (Å²) < 4.78 is 0. The molecule has 2 unspecified atom stereocenters. The molecular weight excluding hydrogens is 204 g/mol. The van der Waals surface area contributed by atoms with Crippen LogP contribution in [0.3, 0.4) is 0 Å². The maximum atomic E-state index is 5.85. The highest BCUT2D eigenvalue weighted by Gasteiger charge is 2.28. The largest absolute Gasteiger partial charge is 0.301 e. The van der Waals surface area contributed by atoms with Gasteiger partial charge in [0, 0.05) is 5.56 Å². The van der Waals surface area contributed by atoms with E-state index in [4.69, 9.17) is 5.73 Å². The summed E-state index contributed by atoms with van der Waals surface area (Å²) in [4.78, 5) is 4.53. The molecular formula is C12H12N2S. The summed E-state index contributed by atoms with van der Waals surface area (Å²) in [5, 5.41) is 0.444. The van der Waals surface area contributed by atoms with Crippen molar-refractivity contribution in [3.05, 3.63) is 41.5 Å². The maximum absolute atomic E-state index is 5.85. The van der Waals surface area contributed by atoms with Crippen molar-refractivity contribution in [2.24, 2.45) is 10.7 Å². The van der Waals surface area contributed by atoms with Gasteiger partial charge in [-0.3, -0.25) is 4.99 Å². The second-order valence-corrected chi connectivity index (χ2v) is 5.08. The van der Waals surface area contributed by atoms with E-state index < -0.39 is 0 Å². The lowest BCUT2D eigenvalue weighted by Gasteiger charge is -2.09. The molecule has 0 radical (unpaired) electrons. The number of thioether (sulfide) groups is 1. The van der Waals surface area contributed by atoms with Crippen molar-refractivity contribution in [2.45, 2.75) is 17.2 Å². The molecule has 3 heteroatoms. The molecule has 1 aromatic rings. The molecule has 0 aromatic heterocycles. The zero-order valence-electron chi connectivity index (χ0n) is 8.26. The zero-order valence-corrected chi connectivity index (χ0v) is 9.08. The van der Waals surface area contributed by atoms with Gasteiger partial charge in [0.15, 0.2) is 0 Å². The van der Waals surface area contributed by atoms with Gasteiger partial charge in [0.25, 0.3) is 0 Å². The zero-order chi connectivity index (χ0) is 10.3. The summed E-state index contributed by atoms with van der Waals surface area (Å²) in [6, 6.07) is 8.39. The Hall–Kier alpha value is -1.06. The van der Waals surface area contributed by atoms with Crippen molar-refractivity contribution in [3.8, 4) is 0 Å². The Morgan fingerprint density at radius 3 is 3.13 bits per heavy atom. The fourth-order valence-corrected chi connectivity index (χ4v) is 3.14. The lowest BCUT2D eigenvalue weighted by Crippen LogP contribution is -2.13. The summed E-state index contributed by atoms with van der Waals surface area (Å²) in [6.45, 7) is 0. The first-order chi connectivity index (χ1) is 7.34. The number of fused-ring (bicyclic) bond motifs is 3. The summed E-state index contributed by atoms with van der Waals surface area (Å²) in [7, 11) is 0. The van der Waals surface area contributed by atoms with Crippen LogP contribution in [0, 0.1) is 0 Å². The van der Waals surface area contributed by atoms with Gasteiger partial charge in [-0.05, 0) is 12.0 Å². The summed E-state index contributed by atoms with van der Waals surface area (Å²) in [6.07, 6.45) is 5.44. The number of aliphatic imine (C=N–C) groups is 1. The highest BCUT2D eigenvalue weighted by Crippen LogP contribution is 2.33. The third-order valence-electron chi connectivity index (χ3n) is 2.76. The summed E-state index contributed by atoms with van der Waals surface area (Å²) >= 11 is 1.75. The molecule has 0 saturated heterocycles. The quantitative estimate of drug-likeness (QED) is 0.722. The van der Waals surface area contributed by atoms with Crippen LogP contribution in [0.2, 0.25) is 0 Å². The van der Waals surface area contributed by atoms with Gasteiger partial charge in [-0.2, -0.15) is 0 Å². The third-order valence-corrected chi connectivity index (χ3v) is 3.89. The highest BCUT2D eigenvalue weighted by atomic mass is 32.2. The summed E-state index contributed by atoms with van der Waals surface area (Å²) in [5.74, 6) is 0. The van der Waals surface area contributed by atoms with E-state index in [0.29, 0.717) is 5.25 Å². The fraction of sp³-hybridized carbons (Fsp3) is 0.250. The van der Waals surface area contributed by atoms with Gasteiger partial charge in [0.05, 0.1) is 11.0 Å². The van der Waals surface area contributed by atoms with Crippen LogP contribution in [0.4, 0.5) is 0 Å². The van der Waals surface area contributed by atoms with Crippen molar-refractivity contribution < 1.29 is 0 Å². The molecule has 3 rings (SSSR count). The molecule has 2 N–H and O–H groups in total. The van der Waals surface area contributed by atoms with E-state index in [1.807, 2.05) is 0 Å². The van der Waals surface area contributed by atoms with Gasteiger partial charge in [0.2, 0.25) is 0 Å². The molecule has 1 aromatic carbocycles. The van der Waals surface area contributed by atoms with Crippen LogP contribution in [-0.4, -0.2) is 16.5 Å². The molecule has 0 fully saturated rings. The molecule has 0 saturated carbocycles. The van der Waals surface area contributed by atoms with Crippen molar-refractivity contribution in [1.29, 1.82) is 0 Å². The molecule has 0 spiro atoms. The molecule has 1 heterocycles. The summed E-state index contributed by atoms with van der Waals surface area (Å²) in [5.41, 5.74) is 9.45. The van der Waals surface area contributed by atoms with E-state index >= 15 is 0 Å². The number of nitrogens with zero attached hydrogens (tertiary/aromatic N) is 1. The van der Waals surface area contributed by atoms with Crippen LogP contribution < -0.4 is 5.73 Å². The monoisotopic (exact) mass is 216 g/mol. The van der Waals surface area contributed by atoms with Gasteiger partial charge < -0.3 is 5.73 Å². The van der Waals surface area contributed by atoms with Gasteiger partial charge in [-0.25, -0.2) is 0 Å². The van der Waals surface area contributed by atoms with Crippen LogP contribution >= 0.6 is 11.8 Å². The second kappa shape index (κ2) is 3.51. The van der Waals surface area contributed by atoms with Crippen molar-refractivity contribution >= 4 is 23.5 Å². The molecule has 2 nitrogen and oxygen atoms in total. The SMILES string of the molecule is NC1N=C2c3ccccc3C=CCC2S1. The molecule has 2 atom stereocenters. The number of rotatable bonds is 0. The minimum absolute atomic E-state index is 0.0791. The Labute approximate surface area is 93.3 Å². The van der Waals surface area contributed by atoms with E-state index in [9.17, 15) is 0 Å².